The second-order valence-electron chi connectivity index (χ2n) is 3.32. The molecule has 3 N–H and O–H groups in total. The number of rotatable bonds is 5. The molecule has 0 aliphatic carbocycles. The van der Waals surface area contributed by atoms with Crippen molar-refractivity contribution in [2.24, 2.45) is 0 Å². The average molecular weight is 211 g/mol. The molecular weight excluding hydrogens is 194 g/mol. The van der Waals surface area contributed by atoms with Gasteiger partial charge in [-0.2, -0.15) is 0 Å². The monoisotopic (exact) mass is 211 g/mol. The van der Waals surface area contributed by atoms with Crippen LogP contribution >= 0.6 is 0 Å². The van der Waals surface area contributed by atoms with Gasteiger partial charge in [0.25, 0.3) is 0 Å². The maximum absolute atomic E-state index is 9.71. The predicted octanol–water partition coefficient (Wildman–Crippen LogP) is 1.04. The summed E-state index contributed by atoms with van der Waals surface area (Å²) in [4.78, 5) is 0. The normalized spacial score (nSPS) is 12.5. The smallest absolute Gasteiger partial charge is 0.124 e. The van der Waals surface area contributed by atoms with Crippen molar-refractivity contribution < 1.29 is 14.9 Å². The topological polar surface area (TPSA) is 61.7 Å². The van der Waals surface area contributed by atoms with Crippen molar-refractivity contribution in [3.8, 4) is 11.5 Å². The first-order valence-corrected chi connectivity index (χ1v) is 4.90. The lowest BCUT2D eigenvalue weighted by molar-refractivity contribution is 0.285. The van der Waals surface area contributed by atoms with Gasteiger partial charge in [-0.15, -0.1) is 0 Å². The van der Waals surface area contributed by atoms with Crippen LogP contribution in [0.4, 0.5) is 0 Å². The predicted molar refractivity (Wildman–Crippen MR) is 58.2 cm³/mol. The van der Waals surface area contributed by atoms with Crippen LogP contribution in [0.25, 0.3) is 0 Å². The van der Waals surface area contributed by atoms with Crippen LogP contribution in [-0.4, -0.2) is 30.5 Å². The van der Waals surface area contributed by atoms with Gasteiger partial charge in [0.15, 0.2) is 0 Å². The van der Waals surface area contributed by atoms with Crippen molar-refractivity contribution in [3.63, 3.8) is 0 Å². The Labute approximate surface area is 89.5 Å². The summed E-state index contributed by atoms with van der Waals surface area (Å²) in [6, 6.07) is 5.19. The second-order valence-corrected chi connectivity index (χ2v) is 3.32. The minimum atomic E-state index is 0.00283. The largest absolute Gasteiger partial charge is 0.507 e. The van der Waals surface area contributed by atoms with Crippen molar-refractivity contribution in [1.29, 1.82) is 0 Å². The molecule has 0 bridgehead atoms. The second kappa shape index (κ2) is 5.58. The molecule has 4 nitrogen and oxygen atoms in total. The molecule has 0 saturated carbocycles. The Kier molecular flexibility index (Phi) is 4.39. The van der Waals surface area contributed by atoms with E-state index < -0.39 is 0 Å². The van der Waals surface area contributed by atoms with E-state index in [2.05, 4.69) is 5.32 Å². The van der Waals surface area contributed by atoms with Gasteiger partial charge < -0.3 is 20.3 Å². The molecule has 15 heavy (non-hydrogen) atoms. The van der Waals surface area contributed by atoms with Crippen LogP contribution in [0, 0.1) is 0 Å². The maximum Gasteiger partial charge on any atom is 0.124 e. The van der Waals surface area contributed by atoms with E-state index in [-0.39, 0.29) is 18.4 Å². The summed E-state index contributed by atoms with van der Waals surface area (Å²) in [7, 11) is 1.56. The maximum atomic E-state index is 9.71. The molecule has 1 atom stereocenters. The van der Waals surface area contributed by atoms with Crippen molar-refractivity contribution >= 4 is 0 Å². The lowest BCUT2D eigenvalue weighted by Gasteiger charge is -2.15. The average Bonchev–Trinajstić information content (AvgIpc) is 2.25. The van der Waals surface area contributed by atoms with E-state index in [0.29, 0.717) is 12.3 Å². The van der Waals surface area contributed by atoms with Crippen molar-refractivity contribution in [2.45, 2.75) is 13.0 Å². The van der Waals surface area contributed by atoms with E-state index in [1.807, 2.05) is 13.0 Å². The third-order valence-corrected chi connectivity index (χ3v) is 2.27. The summed E-state index contributed by atoms with van der Waals surface area (Å²) < 4.78 is 4.99. The Morgan fingerprint density at radius 3 is 2.73 bits per heavy atom. The van der Waals surface area contributed by atoms with E-state index >= 15 is 0 Å². The highest BCUT2D eigenvalue weighted by atomic mass is 16.5. The summed E-state index contributed by atoms with van der Waals surface area (Å²) in [6.07, 6.45) is 0. The molecule has 1 rings (SSSR count). The molecule has 0 heterocycles. The molecule has 0 aliphatic heterocycles. The molecule has 0 fully saturated rings. The zero-order valence-corrected chi connectivity index (χ0v) is 9.03. The number of benzene rings is 1. The van der Waals surface area contributed by atoms with Gasteiger partial charge in [-0.1, -0.05) is 6.07 Å². The minimum absolute atomic E-state index is 0.00283. The Bertz CT molecular complexity index is 315. The Hall–Kier alpha value is -1.26. The fourth-order valence-electron chi connectivity index (χ4n) is 1.41. The lowest BCUT2D eigenvalue weighted by Crippen LogP contribution is -2.22. The van der Waals surface area contributed by atoms with E-state index in [1.165, 1.54) is 0 Å². The molecule has 4 heteroatoms. The third kappa shape index (κ3) is 3.11. The van der Waals surface area contributed by atoms with Crippen LogP contribution in [0.15, 0.2) is 18.2 Å². The first-order chi connectivity index (χ1) is 7.19. The first-order valence-electron chi connectivity index (χ1n) is 4.90. The van der Waals surface area contributed by atoms with Crippen LogP contribution in [0.2, 0.25) is 0 Å². The number of hydrogen-bond donors (Lipinski definition) is 3. The summed E-state index contributed by atoms with van der Waals surface area (Å²) in [5.74, 6) is 0.831. The molecule has 0 spiro atoms. The fraction of sp³-hybridized carbons (Fsp3) is 0.455. The molecule has 0 amide bonds. The Morgan fingerprint density at radius 2 is 2.20 bits per heavy atom. The molecule has 0 radical (unpaired) electrons. The Morgan fingerprint density at radius 1 is 1.47 bits per heavy atom. The number of aliphatic hydroxyl groups excluding tert-OH is 1. The first kappa shape index (κ1) is 11.8. The zero-order valence-electron chi connectivity index (χ0n) is 9.03. The number of methoxy groups -OCH3 is 1. The van der Waals surface area contributed by atoms with Gasteiger partial charge in [-0.3, -0.25) is 0 Å². The SMILES string of the molecule is COc1ccc(C(C)NCCO)c(O)c1. The molecule has 1 aromatic carbocycles. The molecule has 0 aromatic heterocycles. The van der Waals surface area contributed by atoms with E-state index in [4.69, 9.17) is 9.84 Å². The van der Waals surface area contributed by atoms with Gasteiger partial charge in [-0.25, -0.2) is 0 Å². The standard InChI is InChI=1S/C11H17NO3/c1-8(12-5-6-13)10-4-3-9(15-2)7-11(10)14/h3-4,7-8,12-14H,5-6H2,1-2H3. The number of nitrogens with one attached hydrogen (secondary N) is 1. The highest BCUT2D eigenvalue weighted by Gasteiger charge is 2.09. The molecule has 0 aliphatic rings. The number of hydrogen-bond acceptors (Lipinski definition) is 4. The quantitative estimate of drug-likeness (QED) is 0.681. The minimum Gasteiger partial charge on any atom is -0.507 e. The summed E-state index contributed by atoms with van der Waals surface area (Å²) >= 11 is 0. The molecule has 0 saturated heterocycles. The van der Waals surface area contributed by atoms with E-state index in [0.717, 1.165) is 5.56 Å². The number of phenols is 1. The lowest BCUT2D eigenvalue weighted by atomic mass is 10.1. The van der Waals surface area contributed by atoms with Gasteiger partial charge in [0.1, 0.15) is 11.5 Å². The van der Waals surface area contributed by atoms with Gasteiger partial charge >= 0.3 is 0 Å². The molecule has 1 unspecified atom stereocenters. The van der Waals surface area contributed by atoms with E-state index in [1.54, 1.807) is 19.2 Å². The Balaban J connectivity index is 2.76. The highest BCUT2D eigenvalue weighted by molar-refractivity contribution is 5.41. The van der Waals surface area contributed by atoms with Crippen LogP contribution in [0.5, 0.6) is 11.5 Å². The van der Waals surface area contributed by atoms with Crippen LogP contribution in [0.1, 0.15) is 18.5 Å². The van der Waals surface area contributed by atoms with Gasteiger partial charge in [0, 0.05) is 24.2 Å². The van der Waals surface area contributed by atoms with Crippen LogP contribution in [0.3, 0.4) is 0 Å². The molecular formula is C11H17NO3. The van der Waals surface area contributed by atoms with Crippen molar-refractivity contribution in [2.75, 3.05) is 20.3 Å². The van der Waals surface area contributed by atoms with Crippen molar-refractivity contribution in [3.05, 3.63) is 23.8 Å². The summed E-state index contributed by atoms with van der Waals surface area (Å²) in [5.41, 5.74) is 0.796. The summed E-state index contributed by atoms with van der Waals surface area (Å²) in [5, 5.41) is 21.5. The molecule has 1 aromatic rings. The van der Waals surface area contributed by atoms with Gasteiger partial charge in [-0.05, 0) is 13.0 Å². The fourth-order valence-corrected chi connectivity index (χ4v) is 1.41. The molecule has 84 valence electrons. The highest BCUT2D eigenvalue weighted by Crippen LogP contribution is 2.27. The number of ether oxygens (including phenoxy) is 1. The van der Waals surface area contributed by atoms with Crippen molar-refractivity contribution in [1.82, 2.24) is 5.32 Å². The van der Waals surface area contributed by atoms with Crippen LogP contribution < -0.4 is 10.1 Å². The third-order valence-electron chi connectivity index (χ3n) is 2.27. The van der Waals surface area contributed by atoms with Crippen LogP contribution in [-0.2, 0) is 0 Å². The number of aliphatic hydroxyl groups is 1. The van der Waals surface area contributed by atoms with Gasteiger partial charge in [0.2, 0.25) is 0 Å². The van der Waals surface area contributed by atoms with E-state index in [9.17, 15) is 5.11 Å². The summed E-state index contributed by atoms with van der Waals surface area (Å²) in [6.45, 7) is 2.52. The number of phenolic OH excluding ortho intramolecular Hbond substituents is 1. The zero-order chi connectivity index (χ0) is 11.3. The number of aromatic hydroxyl groups is 1. The van der Waals surface area contributed by atoms with Gasteiger partial charge in [0.05, 0.1) is 13.7 Å².